The van der Waals surface area contributed by atoms with Crippen LogP contribution < -0.4 is 0 Å². The molecule has 0 aliphatic heterocycles. The molecule has 6 heteroatoms. The minimum absolute atomic E-state index is 0.580. The first-order valence-electron chi connectivity index (χ1n) is 4.84. The molecule has 0 radical (unpaired) electrons. The maximum Gasteiger partial charge on any atom is 0.636 e. The molecule has 84 valence electrons. The van der Waals surface area contributed by atoms with Crippen LogP contribution in [-0.4, -0.2) is 34.4 Å². The number of unbranched alkanes of at least 4 members (excludes halogenated alkanes) is 2. The van der Waals surface area contributed by atoms with E-state index < -0.39 is 7.32 Å². The summed E-state index contributed by atoms with van der Waals surface area (Å²) in [5.41, 5.74) is 0. The van der Waals surface area contributed by atoms with Crippen molar-refractivity contribution in [3.05, 3.63) is 0 Å². The predicted molar refractivity (Wildman–Crippen MR) is 76.1 cm³/mol. The van der Waals surface area contributed by atoms with E-state index in [1.54, 1.807) is 0 Å². The largest absolute Gasteiger partial charge is 0.636 e. The molecular formula is C8H17BI2O3. The first-order valence-corrected chi connectivity index (χ1v) is 7.89. The Balaban J connectivity index is 3.07. The van der Waals surface area contributed by atoms with E-state index in [-0.39, 0.29) is 0 Å². The summed E-state index contributed by atoms with van der Waals surface area (Å²) in [6.07, 6.45) is 4.22. The van der Waals surface area contributed by atoms with Crippen molar-refractivity contribution in [2.75, 3.05) is 22.1 Å². The molecule has 0 atom stereocenters. The first kappa shape index (κ1) is 15.4. The molecule has 0 rings (SSSR count). The molecule has 14 heavy (non-hydrogen) atoms. The molecule has 0 aromatic rings. The molecular weight excluding hydrogens is 409 g/mol. The minimum Gasteiger partial charge on any atom is -0.402 e. The molecule has 0 aromatic carbocycles. The minimum atomic E-state index is -1.03. The van der Waals surface area contributed by atoms with Gasteiger partial charge in [0.15, 0.2) is 0 Å². The zero-order valence-corrected chi connectivity index (χ0v) is 12.6. The second-order valence-corrected chi connectivity index (χ2v) is 5.00. The summed E-state index contributed by atoms with van der Waals surface area (Å²) in [7, 11) is -1.03. The quantitative estimate of drug-likeness (QED) is 0.253. The summed E-state index contributed by atoms with van der Waals surface area (Å²) in [4.78, 5) is 0. The summed E-state index contributed by atoms with van der Waals surface area (Å²) in [5, 5.41) is 9.20. The molecule has 0 fully saturated rings. The Morgan fingerprint density at radius 3 is 1.64 bits per heavy atom. The molecule has 0 aliphatic rings. The maximum absolute atomic E-state index is 9.20. The SMILES string of the molecule is OB(OCCCCI)OCCCCI. The summed E-state index contributed by atoms with van der Waals surface area (Å²) >= 11 is 4.65. The molecule has 0 aromatic heterocycles. The van der Waals surface area contributed by atoms with Crippen LogP contribution in [0.15, 0.2) is 0 Å². The van der Waals surface area contributed by atoms with E-state index in [0.717, 1.165) is 34.5 Å². The van der Waals surface area contributed by atoms with E-state index in [1.807, 2.05) is 0 Å². The van der Waals surface area contributed by atoms with Crippen molar-refractivity contribution in [2.45, 2.75) is 25.7 Å². The van der Waals surface area contributed by atoms with Gasteiger partial charge in [-0.3, -0.25) is 0 Å². The highest BCUT2D eigenvalue weighted by atomic mass is 127. The van der Waals surface area contributed by atoms with Gasteiger partial charge in [-0.2, -0.15) is 0 Å². The highest BCUT2D eigenvalue weighted by molar-refractivity contribution is 14.1. The molecule has 0 bridgehead atoms. The average molecular weight is 426 g/mol. The van der Waals surface area contributed by atoms with Gasteiger partial charge in [-0.25, -0.2) is 0 Å². The Hall–Kier alpha value is 1.40. The van der Waals surface area contributed by atoms with Gasteiger partial charge in [0, 0.05) is 13.2 Å². The fourth-order valence-electron chi connectivity index (χ4n) is 0.810. The van der Waals surface area contributed by atoms with Crippen molar-refractivity contribution in [1.29, 1.82) is 0 Å². The lowest BCUT2D eigenvalue weighted by Gasteiger charge is -2.07. The first-order chi connectivity index (χ1) is 6.81. The number of hydrogen-bond donors (Lipinski definition) is 1. The van der Waals surface area contributed by atoms with Crippen LogP contribution in [0, 0.1) is 0 Å². The summed E-state index contributed by atoms with van der Waals surface area (Å²) in [6, 6.07) is 0. The van der Waals surface area contributed by atoms with Gasteiger partial charge >= 0.3 is 7.32 Å². The standard InChI is InChI=1S/C8H17BI2O3/c10-5-1-3-7-13-9(12)14-8-4-2-6-11/h12H,1-8H2. The van der Waals surface area contributed by atoms with E-state index in [9.17, 15) is 5.02 Å². The molecule has 0 saturated carbocycles. The Bertz CT molecular complexity index is 107. The van der Waals surface area contributed by atoms with E-state index in [0.29, 0.717) is 13.2 Å². The Labute approximate surface area is 114 Å². The average Bonchev–Trinajstić information content (AvgIpc) is 2.19. The van der Waals surface area contributed by atoms with Crippen LogP contribution in [0.25, 0.3) is 0 Å². The molecule has 0 amide bonds. The second kappa shape index (κ2) is 12.5. The second-order valence-electron chi connectivity index (χ2n) is 2.84. The maximum atomic E-state index is 9.20. The van der Waals surface area contributed by atoms with Gasteiger partial charge < -0.3 is 14.3 Å². The summed E-state index contributed by atoms with van der Waals surface area (Å²) < 4.78 is 12.4. The molecule has 0 unspecified atom stereocenters. The third kappa shape index (κ3) is 11.5. The Morgan fingerprint density at radius 2 is 1.29 bits per heavy atom. The van der Waals surface area contributed by atoms with Crippen LogP contribution in [0.3, 0.4) is 0 Å². The predicted octanol–water partition coefficient (Wildman–Crippen LogP) is 2.43. The molecule has 0 aliphatic carbocycles. The van der Waals surface area contributed by atoms with Gasteiger partial charge in [-0.05, 0) is 34.5 Å². The van der Waals surface area contributed by atoms with Crippen LogP contribution in [0.5, 0.6) is 0 Å². The van der Waals surface area contributed by atoms with Crippen LogP contribution in [0.4, 0.5) is 0 Å². The Morgan fingerprint density at radius 1 is 0.857 bits per heavy atom. The van der Waals surface area contributed by atoms with Crippen molar-refractivity contribution in [3.63, 3.8) is 0 Å². The lowest BCUT2D eigenvalue weighted by atomic mass is 10.2. The van der Waals surface area contributed by atoms with Gasteiger partial charge in [0.1, 0.15) is 0 Å². The summed E-state index contributed by atoms with van der Waals surface area (Å²) in [6.45, 7) is 1.16. The van der Waals surface area contributed by atoms with Crippen LogP contribution >= 0.6 is 45.2 Å². The Kier molecular flexibility index (Phi) is 13.7. The molecule has 0 heterocycles. The van der Waals surface area contributed by atoms with E-state index in [4.69, 9.17) is 9.31 Å². The fraction of sp³-hybridized carbons (Fsp3) is 1.00. The van der Waals surface area contributed by atoms with Crippen molar-refractivity contribution < 1.29 is 14.3 Å². The van der Waals surface area contributed by atoms with Gasteiger partial charge in [0.05, 0.1) is 0 Å². The lowest BCUT2D eigenvalue weighted by Crippen LogP contribution is -2.23. The molecule has 3 nitrogen and oxygen atoms in total. The van der Waals surface area contributed by atoms with Crippen molar-refractivity contribution in [1.82, 2.24) is 0 Å². The molecule has 0 saturated heterocycles. The van der Waals surface area contributed by atoms with E-state index >= 15 is 0 Å². The van der Waals surface area contributed by atoms with Crippen LogP contribution in [0.1, 0.15) is 25.7 Å². The van der Waals surface area contributed by atoms with Crippen molar-refractivity contribution in [3.8, 4) is 0 Å². The number of rotatable bonds is 10. The highest BCUT2D eigenvalue weighted by Crippen LogP contribution is 1.98. The van der Waals surface area contributed by atoms with Crippen LogP contribution in [0.2, 0.25) is 0 Å². The zero-order valence-electron chi connectivity index (χ0n) is 8.25. The monoisotopic (exact) mass is 426 g/mol. The smallest absolute Gasteiger partial charge is 0.402 e. The van der Waals surface area contributed by atoms with Gasteiger partial charge in [0.2, 0.25) is 0 Å². The van der Waals surface area contributed by atoms with Gasteiger partial charge in [-0.1, -0.05) is 45.2 Å². The topological polar surface area (TPSA) is 38.7 Å². The molecule has 0 spiro atoms. The number of hydrogen-bond acceptors (Lipinski definition) is 3. The highest BCUT2D eigenvalue weighted by Gasteiger charge is 2.14. The normalized spacial score (nSPS) is 10.5. The van der Waals surface area contributed by atoms with Crippen molar-refractivity contribution >= 4 is 52.5 Å². The van der Waals surface area contributed by atoms with Gasteiger partial charge in [-0.15, -0.1) is 0 Å². The fourth-order valence-corrected chi connectivity index (χ4v) is 1.89. The van der Waals surface area contributed by atoms with E-state index in [2.05, 4.69) is 45.2 Å². The van der Waals surface area contributed by atoms with E-state index in [1.165, 1.54) is 0 Å². The van der Waals surface area contributed by atoms with Gasteiger partial charge in [0.25, 0.3) is 0 Å². The third-order valence-corrected chi connectivity index (χ3v) is 3.10. The molecule has 1 N–H and O–H groups in total. The third-order valence-electron chi connectivity index (χ3n) is 1.58. The zero-order chi connectivity index (χ0) is 10.6. The number of alkyl halides is 2. The summed E-state index contributed by atoms with van der Waals surface area (Å²) in [5.74, 6) is 0. The van der Waals surface area contributed by atoms with Crippen molar-refractivity contribution in [2.24, 2.45) is 0 Å². The number of halogens is 2. The van der Waals surface area contributed by atoms with Crippen LogP contribution in [-0.2, 0) is 9.31 Å². The lowest BCUT2D eigenvalue weighted by molar-refractivity contribution is 0.130.